The maximum atomic E-state index is 12.2. The number of fused-ring (bicyclic) bond motifs is 1. The molecule has 4 rings (SSSR count). The summed E-state index contributed by atoms with van der Waals surface area (Å²) >= 11 is 0. The molecule has 0 saturated carbocycles. The predicted octanol–water partition coefficient (Wildman–Crippen LogP) is 4.44. The molecule has 0 radical (unpaired) electrons. The molecule has 29 heavy (non-hydrogen) atoms. The number of nitrogens with one attached hydrogen (secondary N) is 2. The van der Waals surface area contributed by atoms with Gasteiger partial charge in [0.1, 0.15) is 12.4 Å². The Morgan fingerprint density at radius 2 is 1.72 bits per heavy atom. The van der Waals surface area contributed by atoms with E-state index in [-0.39, 0.29) is 12.3 Å². The van der Waals surface area contributed by atoms with Crippen LogP contribution in [-0.2, 0) is 17.8 Å². The Balaban J connectivity index is 1.28. The first-order chi connectivity index (χ1) is 14.3. The van der Waals surface area contributed by atoms with Gasteiger partial charge in [-0.1, -0.05) is 48.5 Å². The molecule has 3 aromatic carbocycles. The third kappa shape index (κ3) is 4.90. The molecule has 0 spiro atoms. The van der Waals surface area contributed by atoms with Gasteiger partial charge in [-0.2, -0.15) is 5.10 Å². The van der Waals surface area contributed by atoms with Crippen molar-refractivity contribution in [3.05, 3.63) is 102 Å². The number of H-pyrrole nitrogens is 1. The topological polar surface area (TPSA) is 66.5 Å². The quantitative estimate of drug-likeness (QED) is 0.366. The fraction of sp³-hybridized carbons (Fsp3) is 0.0833. The molecule has 0 aliphatic rings. The molecule has 0 unspecified atom stereocenters. The summed E-state index contributed by atoms with van der Waals surface area (Å²) in [4.78, 5) is 15.3. The lowest BCUT2D eigenvalue weighted by Gasteiger charge is -2.06. The number of para-hydroxylation sites is 1. The Hall–Kier alpha value is -3.86. The monoisotopic (exact) mass is 383 g/mol. The largest absolute Gasteiger partial charge is 0.489 e. The van der Waals surface area contributed by atoms with Crippen LogP contribution < -0.4 is 10.2 Å². The minimum atomic E-state index is -0.159. The molecule has 4 aromatic rings. The van der Waals surface area contributed by atoms with Gasteiger partial charge in [0.05, 0.1) is 12.6 Å². The van der Waals surface area contributed by atoms with Crippen LogP contribution in [0.4, 0.5) is 0 Å². The van der Waals surface area contributed by atoms with Crippen LogP contribution in [0.15, 0.2) is 90.2 Å². The van der Waals surface area contributed by atoms with E-state index in [1.165, 1.54) is 0 Å². The molecule has 0 saturated heterocycles. The van der Waals surface area contributed by atoms with Crippen molar-refractivity contribution in [3.8, 4) is 5.75 Å². The molecule has 0 atom stereocenters. The van der Waals surface area contributed by atoms with E-state index in [1.54, 1.807) is 6.21 Å². The number of ether oxygens (including phenoxy) is 1. The number of nitrogens with zero attached hydrogens (tertiary/aromatic N) is 1. The van der Waals surface area contributed by atoms with Crippen molar-refractivity contribution in [2.45, 2.75) is 13.0 Å². The van der Waals surface area contributed by atoms with Gasteiger partial charge in [0.25, 0.3) is 0 Å². The van der Waals surface area contributed by atoms with E-state index < -0.39 is 0 Å². The molecule has 0 bridgehead atoms. The Labute approximate surface area is 169 Å². The second-order valence-corrected chi connectivity index (χ2v) is 6.67. The summed E-state index contributed by atoms with van der Waals surface area (Å²) in [7, 11) is 0. The van der Waals surface area contributed by atoms with Gasteiger partial charge in [0.15, 0.2) is 0 Å². The SMILES string of the molecule is O=C(Cc1c[nH]c2ccccc12)NN=Cc1ccc(OCc2ccccc2)cc1. The van der Waals surface area contributed by atoms with Gasteiger partial charge in [0, 0.05) is 17.1 Å². The number of amides is 1. The predicted molar refractivity (Wildman–Crippen MR) is 115 cm³/mol. The molecule has 5 nitrogen and oxygen atoms in total. The van der Waals surface area contributed by atoms with Gasteiger partial charge < -0.3 is 9.72 Å². The molecular weight excluding hydrogens is 362 g/mol. The zero-order chi connectivity index (χ0) is 19.9. The van der Waals surface area contributed by atoms with E-state index in [0.29, 0.717) is 6.61 Å². The van der Waals surface area contributed by atoms with Gasteiger partial charge in [-0.05, 0) is 47.0 Å². The second-order valence-electron chi connectivity index (χ2n) is 6.67. The van der Waals surface area contributed by atoms with E-state index in [4.69, 9.17) is 4.74 Å². The van der Waals surface area contributed by atoms with Crippen molar-refractivity contribution >= 4 is 23.0 Å². The minimum Gasteiger partial charge on any atom is -0.489 e. The zero-order valence-electron chi connectivity index (χ0n) is 15.8. The van der Waals surface area contributed by atoms with Crippen molar-refractivity contribution in [1.29, 1.82) is 0 Å². The number of carbonyl (C=O) groups excluding carboxylic acids is 1. The van der Waals surface area contributed by atoms with E-state index in [9.17, 15) is 4.79 Å². The van der Waals surface area contributed by atoms with Crippen LogP contribution in [0.2, 0.25) is 0 Å². The number of aromatic nitrogens is 1. The summed E-state index contributed by atoms with van der Waals surface area (Å²) in [6.45, 7) is 0.526. The Morgan fingerprint density at radius 3 is 2.55 bits per heavy atom. The highest BCUT2D eigenvalue weighted by atomic mass is 16.5. The number of benzene rings is 3. The molecule has 0 aliphatic heterocycles. The number of hydrogen-bond acceptors (Lipinski definition) is 3. The molecule has 1 aromatic heterocycles. The first-order valence-corrected chi connectivity index (χ1v) is 9.41. The summed E-state index contributed by atoms with van der Waals surface area (Å²) in [5, 5.41) is 5.10. The van der Waals surface area contributed by atoms with E-state index in [1.807, 2.05) is 85.1 Å². The van der Waals surface area contributed by atoms with Crippen LogP contribution in [-0.4, -0.2) is 17.1 Å². The summed E-state index contributed by atoms with van der Waals surface area (Å²) in [6, 6.07) is 25.5. The normalized spacial score (nSPS) is 11.0. The average molecular weight is 383 g/mol. The highest BCUT2D eigenvalue weighted by molar-refractivity contribution is 5.89. The van der Waals surface area contributed by atoms with Crippen LogP contribution >= 0.6 is 0 Å². The number of carbonyl (C=O) groups is 1. The molecule has 2 N–H and O–H groups in total. The third-order valence-electron chi connectivity index (χ3n) is 4.56. The van der Waals surface area contributed by atoms with Crippen LogP contribution in [0.5, 0.6) is 5.75 Å². The van der Waals surface area contributed by atoms with Gasteiger partial charge in [0.2, 0.25) is 5.91 Å². The highest BCUT2D eigenvalue weighted by Crippen LogP contribution is 2.18. The zero-order valence-corrected chi connectivity index (χ0v) is 15.8. The molecule has 1 heterocycles. The Kier molecular flexibility index (Phi) is 5.67. The van der Waals surface area contributed by atoms with Crippen molar-refractivity contribution < 1.29 is 9.53 Å². The molecule has 1 amide bonds. The van der Waals surface area contributed by atoms with Crippen molar-refractivity contribution in [2.75, 3.05) is 0 Å². The standard InChI is InChI=1S/C24H21N3O2/c28-24(14-20-16-25-23-9-5-4-8-22(20)23)27-26-15-18-10-12-21(13-11-18)29-17-19-6-2-1-3-7-19/h1-13,15-16,25H,14,17H2,(H,27,28). The second kappa shape index (κ2) is 8.89. The first-order valence-electron chi connectivity index (χ1n) is 9.41. The van der Waals surface area contributed by atoms with E-state index >= 15 is 0 Å². The molecule has 144 valence electrons. The van der Waals surface area contributed by atoms with Crippen LogP contribution in [0, 0.1) is 0 Å². The molecular formula is C24H21N3O2. The highest BCUT2D eigenvalue weighted by Gasteiger charge is 2.07. The number of rotatable bonds is 7. The lowest BCUT2D eigenvalue weighted by Crippen LogP contribution is -2.19. The lowest BCUT2D eigenvalue weighted by molar-refractivity contribution is -0.120. The number of hydrazone groups is 1. The Morgan fingerprint density at radius 1 is 0.966 bits per heavy atom. The van der Waals surface area contributed by atoms with Crippen LogP contribution in [0.3, 0.4) is 0 Å². The maximum Gasteiger partial charge on any atom is 0.244 e. The smallest absolute Gasteiger partial charge is 0.244 e. The summed E-state index contributed by atoms with van der Waals surface area (Å²) in [6.07, 6.45) is 3.75. The summed E-state index contributed by atoms with van der Waals surface area (Å²) in [5.41, 5.74) is 6.55. The van der Waals surface area contributed by atoms with E-state index in [0.717, 1.165) is 33.3 Å². The van der Waals surface area contributed by atoms with Gasteiger partial charge in [-0.25, -0.2) is 5.43 Å². The van der Waals surface area contributed by atoms with Gasteiger partial charge in [-0.3, -0.25) is 4.79 Å². The van der Waals surface area contributed by atoms with Crippen molar-refractivity contribution in [2.24, 2.45) is 5.10 Å². The Bertz CT molecular complexity index is 1120. The first kappa shape index (κ1) is 18.5. The van der Waals surface area contributed by atoms with Crippen molar-refractivity contribution in [1.82, 2.24) is 10.4 Å². The lowest BCUT2D eigenvalue weighted by atomic mass is 10.1. The van der Waals surface area contributed by atoms with Crippen LogP contribution in [0.25, 0.3) is 10.9 Å². The maximum absolute atomic E-state index is 12.2. The van der Waals surface area contributed by atoms with Gasteiger partial charge >= 0.3 is 0 Å². The number of hydrogen-bond donors (Lipinski definition) is 2. The van der Waals surface area contributed by atoms with Crippen molar-refractivity contribution in [3.63, 3.8) is 0 Å². The van der Waals surface area contributed by atoms with E-state index in [2.05, 4.69) is 15.5 Å². The average Bonchev–Trinajstić information content (AvgIpc) is 3.17. The summed E-state index contributed by atoms with van der Waals surface area (Å²) in [5.74, 6) is 0.628. The minimum absolute atomic E-state index is 0.159. The molecule has 0 aliphatic carbocycles. The summed E-state index contributed by atoms with van der Waals surface area (Å²) < 4.78 is 5.77. The van der Waals surface area contributed by atoms with Gasteiger partial charge in [-0.15, -0.1) is 0 Å². The number of aromatic amines is 1. The van der Waals surface area contributed by atoms with Crippen LogP contribution in [0.1, 0.15) is 16.7 Å². The fourth-order valence-corrected chi connectivity index (χ4v) is 3.06. The fourth-order valence-electron chi connectivity index (χ4n) is 3.06. The molecule has 5 heteroatoms. The third-order valence-corrected chi connectivity index (χ3v) is 4.56. The molecule has 0 fully saturated rings.